The van der Waals surface area contributed by atoms with Gasteiger partial charge in [-0.3, -0.25) is 9.00 Å². The first kappa shape index (κ1) is 30.3. The number of carbonyl (C=O) groups is 1. The van der Waals surface area contributed by atoms with Crippen molar-refractivity contribution in [2.24, 2.45) is 5.92 Å². The van der Waals surface area contributed by atoms with Gasteiger partial charge in [0.1, 0.15) is 11.2 Å². The molecule has 1 fully saturated rings. The number of rotatable bonds is 9. The number of amides is 1. The summed E-state index contributed by atoms with van der Waals surface area (Å²) in [6, 6.07) is 6.30. The molecule has 2 aromatic heterocycles. The van der Waals surface area contributed by atoms with Gasteiger partial charge in [-0.1, -0.05) is 51.8 Å². The molecular formula is C32H42N4O2S2. The highest BCUT2D eigenvalue weighted by Gasteiger charge is 2.22. The van der Waals surface area contributed by atoms with E-state index >= 15 is 0 Å². The van der Waals surface area contributed by atoms with Crippen molar-refractivity contribution in [3.8, 4) is 11.3 Å². The molecule has 1 aliphatic heterocycles. The Labute approximate surface area is 245 Å². The first-order chi connectivity index (χ1) is 19.1. The van der Waals surface area contributed by atoms with Crippen LogP contribution in [0.4, 0.5) is 0 Å². The highest BCUT2D eigenvalue weighted by Crippen LogP contribution is 2.32. The van der Waals surface area contributed by atoms with E-state index in [2.05, 4.69) is 86.1 Å². The second kappa shape index (κ2) is 13.3. The zero-order chi connectivity index (χ0) is 28.9. The van der Waals surface area contributed by atoms with Gasteiger partial charge in [0.05, 0.1) is 22.6 Å². The number of benzene rings is 1. The third kappa shape index (κ3) is 7.52. The number of carbonyl (C=O) groups excluding carboxylic acids is 1. The van der Waals surface area contributed by atoms with Crippen LogP contribution in [0.1, 0.15) is 96.9 Å². The molecule has 0 radical (unpaired) electrons. The number of aryl methyl sites for hydroxylation is 1. The molecule has 0 atom stereocenters. The molecule has 0 spiro atoms. The van der Waals surface area contributed by atoms with E-state index in [4.69, 9.17) is 0 Å². The highest BCUT2D eigenvalue weighted by atomic mass is 32.2. The minimum absolute atomic E-state index is 0.0705. The Hall–Kier alpha value is -2.71. The zero-order valence-corrected chi connectivity index (χ0v) is 26.3. The summed E-state index contributed by atoms with van der Waals surface area (Å²) >= 11 is 1.45. The van der Waals surface area contributed by atoms with Crippen LogP contribution in [0.25, 0.3) is 17.3 Å². The van der Waals surface area contributed by atoms with Crippen LogP contribution in [0.2, 0.25) is 0 Å². The van der Waals surface area contributed by atoms with E-state index in [1.807, 2.05) is 0 Å². The lowest BCUT2D eigenvalue weighted by atomic mass is 9.88. The van der Waals surface area contributed by atoms with Gasteiger partial charge in [0.15, 0.2) is 0 Å². The quantitative estimate of drug-likeness (QED) is 0.291. The standard InChI is InChI=1S/C32H42N4O2S2/c1-7-8-9-24(23-12-14-40(38)15-13-23)17-27-22(3)29(36-20-35-27)25-10-11-26(21(2)16-25)18-33-30(37)28-19-34-31(39-28)32(4,5)6/h10-11,16-17,19-20,23H,7-9,12-15,18H2,1-6H3,(H,33,37)/b24-17+. The normalized spacial score (nSPS) is 18.1. The zero-order valence-electron chi connectivity index (χ0n) is 24.7. The molecule has 1 amide bonds. The van der Waals surface area contributed by atoms with E-state index in [1.165, 1.54) is 16.9 Å². The molecule has 4 rings (SSSR count). The van der Waals surface area contributed by atoms with Crippen molar-refractivity contribution in [3.05, 3.63) is 68.6 Å². The maximum atomic E-state index is 12.7. The predicted molar refractivity (Wildman–Crippen MR) is 167 cm³/mol. The fraction of sp³-hybridized carbons (Fsp3) is 0.500. The molecule has 1 aromatic carbocycles. The molecule has 40 heavy (non-hydrogen) atoms. The summed E-state index contributed by atoms with van der Waals surface area (Å²) < 4.78 is 11.9. The second-order valence-corrected chi connectivity index (χ2v) is 14.5. The first-order valence-corrected chi connectivity index (χ1v) is 16.6. The SMILES string of the molecule is CCCC/C(=C\c1ncnc(-c2ccc(CNC(=O)c3cnc(C(C)(C)C)s3)c(C)c2)c1C)C1CCS(=O)CC1. The lowest BCUT2D eigenvalue weighted by Crippen LogP contribution is -2.22. The van der Waals surface area contributed by atoms with Gasteiger partial charge in [0.25, 0.3) is 5.91 Å². The monoisotopic (exact) mass is 578 g/mol. The number of thiazole rings is 1. The summed E-state index contributed by atoms with van der Waals surface area (Å²) in [6.45, 7) is 13.1. The Balaban J connectivity index is 1.51. The van der Waals surface area contributed by atoms with Crippen LogP contribution in [0.3, 0.4) is 0 Å². The molecule has 0 saturated carbocycles. The molecule has 0 aliphatic carbocycles. The van der Waals surface area contributed by atoms with Gasteiger partial charge in [0, 0.05) is 45.4 Å². The van der Waals surface area contributed by atoms with Crippen LogP contribution in [0, 0.1) is 19.8 Å². The number of aromatic nitrogens is 3. The van der Waals surface area contributed by atoms with Crippen molar-refractivity contribution >= 4 is 34.1 Å². The molecule has 1 aliphatic rings. The summed E-state index contributed by atoms with van der Waals surface area (Å²) in [5.41, 5.74) is 7.55. The number of hydrogen-bond acceptors (Lipinski definition) is 6. The number of allylic oxidation sites excluding steroid dienone is 1. The van der Waals surface area contributed by atoms with Crippen molar-refractivity contribution in [2.75, 3.05) is 11.5 Å². The van der Waals surface area contributed by atoms with Crippen molar-refractivity contribution < 1.29 is 9.00 Å². The number of nitrogens with one attached hydrogen (secondary N) is 1. The average Bonchev–Trinajstić information content (AvgIpc) is 3.43. The molecule has 0 bridgehead atoms. The van der Waals surface area contributed by atoms with Crippen molar-refractivity contribution in [1.82, 2.24) is 20.3 Å². The van der Waals surface area contributed by atoms with E-state index in [-0.39, 0.29) is 11.3 Å². The maximum absolute atomic E-state index is 12.7. The lowest BCUT2D eigenvalue weighted by molar-refractivity contribution is 0.0954. The number of unbranched alkanes of at least 4 members (excludes halogenated alkanes) is 1. The fourth-order valence-electron chi connectivity index (χ4n) is 5.05. The van der Waals surface area contributed by atoms with Gasteiger partial charge in [-0.05, 0) is 68.7 Å². The second-order valence-electron chi connectivity index (χ2n) is 11.8. The molecule has 1 N–H and O–H groups in total. The van der Waals surface area contributed by atoms with Crippen LogP contribution in [-0.4, -0.2) is 36.6 Å². The van der Waals surface area contributed by atoms with E-state index < -0.39 is 10.8 Å². The third-order valence-electron chi connectivity index (χ3n) is 7.60. The lowest BCUT2D eigenvalue weighted by Gasteiger charge is -2.24. The molecule has 3 heterocycles. The van der Waals surface area contributed by atoms with E-state index in [0.29, 0.717) is 17.3 Å². The van der Waals surface area contributed by atoms with Gasteiger partial charge in [0.2, 0.25) is 0 Å². The Morgan fingerprint density at radius 1 is 1.15 bits per heavy atom. The highest BCUT2D eigenvalue weighted by molar-refractivity contribution is 7.85. The topological polar surface area (TPSA) is 84.8 Å². The minimum Gasteiger partial charge on any atom is -0.347 e. The van der Waals surface area contributed by atoms with Crippen LogP contribution in [0.5, 0.6) is 0 Å². The van der Waals surface area contributed by atoms with Crippen molar-refractivity contribution in [3.63, 3.8) is 0 Å². The van der Waals surface area contributed by atoms with Gasteiger partial charge in [-0.15, -0.1) is 11.3 Å². The Morgan fingerprint density at radius 3 is 2.55 bits per heavy atom. The Bertz CT molecular complexity index is 1390. The first-order valence-electron chi connectivity index (χ1n) is 14.3. The molecule has 8 heteroatoms. The largest absolute Gasteiger partial charge is 0.347 e. The van der Waals surface area contributed by atoms with Crippen molar-refractivity contribution in [2.45, 2.75) is 85.6 Å². The minimum atomic E-state index is -0.662. The van der Waals surface area contributed by atoms with Gasteiger partial charge < -0.3 is 5.32 Å². The van der Waals surface area contributed by atoms with Gasteiger partial charge in [-0.25, -0.2) is 15.0 Å². The smallest absolute Gasteiger partial charge is 0.263 e. The molecular weight excluding hydrogens is 537 g/mol. The number of nitrogens with zero attached hydrogens (tertiary/aromatic N) is 3. The Kier molecular flexibility index (Phi) is 10.1. The Morgan fingerprint density at radius 2 is 1.90 bits per heavy atom. The molecule has 0 unspecified atom stereocenters. The summed E-state index contributed by atoms with van der Waals surface area (Å²) in [5.74, 6) is 2.00. The summed E-state index contributed by atoms with van der Waals surface area (Å²) in [5, 5.41) is 4.01. The predicted octanol–water partition coefficient (Wildman–Crippen LogP) is 7.18. The summed E-state index contributed by atoms with van der Waals surface area (Å²) in [6.07, 6.45) is 11.0. The third-order valence-corrected chi connectivity index (χ3v) is 10.4. The molecule has 6 nitrogen and oxygen atoms in total. The van der Waals surface area contributed by atoms with E-state index in [1.54, 1.807) is 12.5 Å². The number of hydrogen-bond donors (Lipinski definition) is 1. The van der Waals surface area contributed by atoms with Gasteiger partial charge in [-0.2, -0.15) is 0 Å². The summed E-state index contributed by atoms with van der Waals surface area (Å²) in [7, 11) is -0.662. The van der Waals surface area contributed by atoms with Crippen LogP contribution in [0.15, 0.2) is 36.3 Å². The van der Waals surface area contributed by atoms with Gasteiger partial charge >= 0.3 is 0 Å². The maximum Gasteiger partial charge on any atom is 0.263 e. The van der Waals surface area contributed by atoms with E-state index in [9.17, 15) is 9.00 Å². The van der Waals surface area contributed by atoms with Crippen LogP contribution >= 0.6 is 11.3 Å². The molecule has 214 valence electrons. The van der Waals surface area contributed by atoms with E-state index in [0.717, 1.165) is 82.3 Å². The average molecular weight is 579 g/mol. The molecule has 1 saturated heterocycles. The van der Waals surface area contributed by atoms with Crippen molar-refractivity contribution in [1.29, 1.82) is 0 Å². The molecule has 3 aromatic rings. The van der Waals surface area contributed by atoms with Crippen LogP contribution in [-0.2, 0) is 22.8 Å². The summed E-state index contributed by atoms with van der Waals surface area (Å²) in [4.78, 5) is 27.1. The fourth-order valence-corrected chi connectivity index (χ4v) is 7.23. The van der Waals surface area contributed by atoms with Crippen LogP contribution < -0.4 is 5.32 Å².